The number of carboxylic acids is 1. The van der Waals surface area contributed by atoms with Crippen LogP contribution < -0.4 is 38.5 Å². The predicted octanol–water partition coefficient (Wildman–Crippen LogP) is -1.04. The number of carboxylic acid groups (broad SMARTS) is 1. The summed E-state index contributed by atoms with van der Waals surface area (Å²) < 4.78 is 7.73. The number of guanidine groups is 1. The fraction of sp³-hybridized carbons (Fsp3) is 0.324. The zero-order valence-electron chi connectivity index (χ0n) is 28.7. The third-order valence-electron chi connectivity index (χ3n) is 7.94. The van der Waals surface area contributed by atoms with E-state index in [-0.39, 0.29) is 44.6 Å². The smallest absolute Gasteiger partial charge is 0.322 e. The Hall–Kier alpha value is -6.23. The molecular formula is C34H43N11O6. The van der Waals surface area contributed by atoms with Gasteiger partial charge in [0.1, 0.15) is 26.1 Å². The van der Waals surface area contributed by atoms with Crippen molar-refractivity contribution in [1.29, 1.82) is 0 Å². The largest absolute Gasteiger partial charge is 0.480 e. The van der Waals surface area contributed by atoms with E-state index in [0.29, 0.717) is 11.3 Å². The highest BCUT2D eigenvalue weighted by Gasteiger charge is 2.31. The standard InChI is InChI=1S/C34H43N11O6/c35-24(15-22-17-38-19-42-22)30(48)44-27(13-20-7-2-1-3-8-20)33(51)43-26(11-6-12-39-34(36)37)32(50)45-28(31(49)41-18-29(46)47)14-21-16-40-25-10-5-4-9-23(21)25/h1-5,7-10,16-17,19,24,26-28,40H,6,11-15,18,35H2,(H,38,42)(H,41,49)(H,43,51)(H,44,48)(H,45,50)(H,46,47)(H4,36,37,39)/t24-,26-,27-,28-/m0/s1/i/hD. The van der Waals surface area contributed by atoms with Gasteiger partial charge >= 0.3 is 5.97 Å². The fourth-order valence-corrected chi connectivity index (χ4v) is 5.37. The minimum atomic E-state index is -1.27. The number of H-pyrrole nitrogens is 2. The third-order valence-corrected chi connectivity index (χ3v) is 7.94. The number of hydrogen-bond acceptors (Lipinski definition) is 8. The van der Waals surface area contributed by atoms with Crippen LogP contribution in [0.2, 0.25) is 1.41 Å². The number of aliphatic carboxylic acids is 1. The van der Waals surface area contributed by atoms with Crippen molar-refractivity contribution in [1.82, 2.24) is 36.2 Å². The van der Waals surface area contributed by atoms with Crippen molar-refractivity contribution in [2.24, 2.45) is 22.2 Å². The fourth-order valence-electron chi connectivity index (χ4n) is 5.37. The highest BCUT2D eigenvalue weighted by atomic mass is 16.4. The molecule has 0 unspecified atom stereocenters. The van der Waals surface area contributed by atoms with E-state index in [1.807, 2.05) is 24.3 Å². The maximum absolute atomic E-state index is 14.0. The number of carbonyl (C=O) groups excluding carboxylic acids is 4. The van der Waals surface area contributed by atoms with E-state index < -0.39 is 60.3 Å². The van der Waals surface area contributed by atoms with Crippen LogP contribution in [0.1, 0.15) is 29.7 Å². The van der Waals surface area contributed by atoms with E-state index in [1.54, 1.807) is 36.5 Å². The molecule has 51 heavy (non-hydrogen) atoms. The minimum absolute atomic E-state index is 0.000403. The van der Waals surface area contributed by atoms with Crippen molar-refractivity contribution in [3.63, 3.8) is 0 Å². The Morgan fingerprint density at radius 1 is 0.843 bits per heavy atom. The van der Waals surface area contributed by atoms with Crippen LogP contribution in [0.3, 0.4) is 0 Å². The second kappa shape index (κ2) is 18.5. The van der Waals surface area contributed by atoms with Crippen molar-refractivity contribution < 1.29 is 30.5 Å². The number of fused-ring (bicyclic) bond motifs is 1. The van der Waals surface area contributed by atoms with Crippen molar-refractivity contribution in [2.45, 2.75) is 56.3 Å². The molecule has 0 aliphatic rings. The number of amides is 4. The summed E-state index contributed by atoms with van der Waals surface area (Å²) in [5.74, 6) is -4.24. The number of aromatic amines is 2. The van der Waals surface area contributed by atoms with Crippen LogP contribution in [0.25, 0.3) is 10.9 Å². The first-order chi connectivity index (χ1) is 25.0. The molecule has 0 radical (unpaired) electrons. The average Bonchev–Trinajstić information content (AvgIpc) is 3.80. The molecule has 0 fully saturated rings. The molecule has 2 aromatic heterocycles. The molecule has 2 heterocycles. The predicted molar refractivity (Wildman–Crippen MR) is 189 cm³/mol. The van der Waals surface area contributed by atoms with Crippen LogP contribution in [0.4, 0.5) is 0 Å². The molecule has 17 nitrogen and oxygen atoms in total. The molecule has 2 aromatic carbocycles. The number of nitrogens with one attached hydrogen (secondary N) is 6. The Kier molecular flexibility index (Phi) is 13.1. The van der Waals surface area contributed by atoms with E-state index in [1.165, 1.54) is 12.5 Å². The Morgan fingerprint density at radius 2 is 1.53 bits per heavy atom. The van der Waals surface area contributed by atoms with Gasteiger partial charge in [0.25, 0.3) is 0 Å². The lowest BCUT2D eigenvalue weighted by atomic mass is 10.0. The number of aromatic nitrogens is 3. The van der Waals surface area contributed by atoms with Crippen molar-refractivity contribution in [3.05, 3.63) is 90.1 Å². The monoisotopic (exact) mass is 702 g/mol. The van der Waals surface area contributed by atoms with Gasteiger partial charge < -0.3 is 53.5 Å². The Morgan fingerprint density at radius 3 is 2.24 bits per heavy atom. The molecule has 0 saturated carbocycles. The molecule has 4 amide bonds. The van der Waals surface area contributed by atoms with Gasteiger partial charge in [-0.1, -0.05) is 48.5 Å². The van der Waals surface area contributed by atoms with Gasteiger partial charge in [-0.2, -0.15) is 0 Å². The van der Waals surface area contributed by atoms with Crippen molar-refractivity contribution >= 4 is 46.5 Å². The van der Waals surface area contributed by atoms with E-state index in [9.17, 15) is 29.1 Å². The van der Waals surface area contributed by atoms with Gasteiger partial charge in [0.15, 0.2) is 5.96 Å². The Bertz CT molecular complexity index is 1830. The van der Waals surface area contributed by atoms with E-state index in [0.717, 1.165) is 16.5 Å². The number of nitrogens with zero attached hydrogens (tertiary/aromatic N) is 2. The van der Waals surface area contributed by atoms with Gasteiger partial charge in [-0.15, -0.1) is 0 Å². The molecule has 0 bridgehead atoms. The number of rotatable bonds is 20. The van der Waals surface area contributed by atoms with Crippen LogP contribution in [-0.2, 0) is 43.2 Å². The number of imidazole rings is 1. The van der Waals surface area contributed by atoms with Crippen LogP contribution >= 0.6 is 0 Å². The summed E-state index contributed by atoms with van der Waals surface area (Å²) in [6, 6.07) is 11.6. The van der Waals surface area contributed by atoms with E-state index in [4.69, 9.17) is 12.9 Å². The average molecular weight is 703 g/mol. The summed E-state index contributed by atoms with van der Waals surface area (Å²) in [5.41, 5.74) is 16.0. The Labute approximate surface area is 294 Å². The number of para-hydroxylation sites is 1. The molecule has 270 valence electrons. The first-order valence-electron chi connectivity index (χ1n) is 16.7. The maximum atomic E-state index is 14.0. The maximum Gasteiger partial charge on any atom is 0.322 e. The molecule has 0 spiro atoms. The lowest BCUT2D eigenvalue weighted by Gasteiger charge is -2.26. The zero-order valence-corrected chi connectivity index (χ0v) is 27.7. The summed E-state index contributed by atoms with van der Waals surface area (Å²) in [6.45, 7) is -0.540. The molecule has 4 atom stereocenters. The SMILES string of the molecule is [2H]N[C@@H](Cc1cnc[nH]1)C(=O)N[C@@H](Cc1ccccc1)C(=O)N[C@@H](CCCN=C(N)N)C(=O)N[C@@H](Cc1c[nH]c2ccccc12)C(=O)NCC(=O)O. The van der Waals surface area contributed by atoms with E-state index in [2.05, 4.69) is 46.9 Å². The molecular weight excluding hydrogens is 658 g/mol. The van der Waals surface area contributed by atoms with Gasteiger partial charge in [0.05, 0.1) is 12.4 Å². The molecule has 0 aliphatic carbocycles. The van der Waals surface area contributed by atoms with Crippen molar-refractivity contribution in [2.75, 3.05) is 13.1 Å². The van der Waals surface area contributed by atoms with Crippen LogP contribution in [-0.4, -0.2) is 92.9 Å². The summed E-state index contributed by atoms with van der Waals surface area (Å²) in [6.07, 6.45) is 5.09. The quantitative estimate of drug-likeness (QED) is 0.0303. The second-order valence-corrected chi connectivity index (χ2v) is 11.8. The molecule has 17 heteroatoms. The topological polar surface area (TPSA) is 289 Å². The second-order valence-electron chi connectivity index (χ2n) is 11.8. The van der Waals surface area contributed by atoms with Crippen LogP contribution in [0, 0.1) is 0 Å². The lowest BCUT2D eigenvalue weighted by Crippen LogP contribution is -2.58. The van der Waals surface area contributed by atoms with Crippen molar-refractivity contribution in [3.8, 4) is 0 Å². The number of benzene rings is 2. The molecule has 4 rings (SSSR count). The highest BCUT2D eigenvalue weighted by Crippen LogP contribution is 2.19. The number of nitrogens with two attached hydrogens (primary N) is 3. The van der Waals surface area contributed by atoms with Gasteiger partial charge in [0, 0.05) is 54.8 Å². The third kappa shape index (κ3) is 11.7. The van der Waals surface area contributed by atoms with Gasteiger partial charge in [-0.3, -0.25) is 29.0 Å². The first-order valence-corrected chi connectivity index (χ1v) is 16.2. The number of carbonyl (C=O) groups is 5. The van der Waals surface area contributed by atoms with Gasteiger partial charge in [0.2, 0.25) is 23.6 Å². The first kappa shape index (κ1) is 36.1. The molecule has 0 aliphatic heterocycles. The minimum Gasteiger partial charge on any atom is -0.480 e. The number of aliphatic imine (C=N–C) groups is 1. The molecule has 13 N–H and O–H groups in total. The van der Waals surface area contributed by atoms with E-state index >= 15 is 0 Å². The van der Waals surface area contributed by atoms with Crippen LogP contribution in [0.5, 0.6) is 0 Å². The number of hydrogen-bond donors (Lipinski definition) is 10. The molecule has 0 saturated heterocycles. The Balaban J connectivity index is 1.57. The lowest BCUT2D eigenvalue weighted by molar-refractivity contribution is -0.138. The highest BCUT2D eigenvalue weighted by molar-refractivity contribution is 5.96. The summed E-state index contributed by atoms with van der Waals surface area (Å²) in [4.78, 5) is 79.6. The zero-order chi connectivity index (χ0) is 37.5. The molecule has 4 aromatic rings. The summed E-state index contributed by atoms with van der Waals surface area (Å²) >= 11 is 0. The summed E-state index contributed by atoms with van der Waals surface area (Å²) in [5, 5.41) is 20.4. The van der Waals surface area contributed by atoms with Crippen LogP contribution in [0.15, 0.2) is 78.3 Å². The normalized spacial score (nSPS) is 13.5. The summed E-state index contributed by atoms with van der Waals surface area (Å²) in [7, 11) is 0. The van der Waals surface area contributed by atoms with Gasteiger partial charge in [-0.05, 0) is 30.0 Å². The van der Waals surface area contributed by atoms with Gasteiger partial charge in [-0.25, -0.2) is 4.98 Å².